The molecular formula is C23H22N2O6. The van der Waals surface area contributed by atoms with Crippen molar-refractivity contribution in [1.82, 2.24) is 0 Å². The quantitative estimate of drug-likeness (QED) is 0.603. The van der Waals surface area contributed by atoms with Gasteiger partial charge in [0.1, 0.15) is 18.7 Å². The summed E-state index contributed by atoms with van der Waals surface area (Å²) < 4.78 is 11.1. The van der Waals surface area contributed by atoms with Crippen LogP contribution in [-0.2, 0) is 9.53 Å². The van der Waals surface area contributed by atoms with Gasteiger partial charge in [-0.15, -0.1) is 0 Å². The minimum Gasteiger partial charge on any atom is -0.478 e. The van der Waals surface area contributed by atoms with Gasteiger partial charge in [0.25, 0.3) is 0 Å². The zero-order chi connectivity index (χ0) is 22.1. The van der Waals surface area contributed by atoms with Crippen LogP contribution in [0.3, 0.4) is 0 Å². The van der Waals surface area contributed by atoms with Crippen LogP contribution in [0.5, 0.6) is 0 Å². The summed E-state index contributed by atoms with van der Waals surface area (Å²) in [7, 11) is 0. The van der Waals surface area contributed by atoms with Crippen molar-refractivity contribution in [3.8, 4) is 0 Å². The number of carboxylic acids is 1. The van der Waals surface area contributed by atoms with E-state index in [1.807, 2.05) is 19.9 Å². The Morgan fingerprint density at radius 3 is 2.71 bits per heavy atom. The molecule has 160 valence electrons. The van der Waals surface area contributed by atoms with Gasteiger partial charge in [-0.2, -0.15) is 0 Å². The number of anilines is 2. The smallest absolute Gasteiger partial charge is 0.337 e. The lowest BCUT2D eigenvalue weighted by atomic mass is 10.0. The predicted molar refractivity (Wildman–Crippen MR) is 116 cm³/mol. The number of nitrogens with zero attached hydrogens (tertiary/aromatic N) is 1. The van der Waals surface area contributed by atoms with E-state index in [-0.39, 0.29) is 36.2 Å². The zero-order valence-electron chi connectivity index (χ0n) is 17.2. The average Bonchev–Trinajstić information content (AvgIpc) is 2.74. The molecule has 3 aromatic rings. The number of ether oxygens (including phenoxy) is 1. The highest BCUT2D eigenvalue weighted by molar-refractivity contribution is 5.94. The maximum absolute atomic E-state index is 12.9. The number of aromatic carboxylic acids is 1. The summed E-state index contributed by atoms with van der Waals surface area (Å²) in [5, 5.41) is 13.1. The Morgan fingerprint density at radius 2 is 1.97 bits per heavy atom. The number of esters is 1. The third-order valence-corrected chi connectivity index (χ3v) is 5.24. The number of hydrogen-bond donors (Lipinski definition) is 2. The Bertz CT molecular complexity index is 1230. The molecule has 0 radical (unpaired) electrons. The van der Waals surface area contributed by atoms with Gasteiger partial charge in [0.2, 0.25) is 5.88 Å². The monoisotopic (exact) mass is 422 g/mol. The Hall–Kier alpha value is -3.81. The van der Waals surface area contributed by atoms with E-state index in [2.05, 4.69) is 5.32 Å². The van der Waals surface area contributed by atoms with Crippen molar-refractivity contribution in [2.24, 2.45) is 0 Å². The van der Waals surface area contributed by atoms with Gasteiger partial charge in [-0.1, -0.05) is 18.2 Å². The lowest BCUT2D eigenvalue weighted by Gasteiger charge is -2.26. The molecule has 8 nitrogen and oxygen atoms in total. The van der Waals surface area contributed by atoms with Gasteiger partial charge in [0.15, 0.2) is 5.43 Å². The normalized spacial score (nSPS) is 14.9. The first-order chi connectivity index (χ1) is 14.8. The number of hydrogen-bond acceptors (Lipinski definition) is 7. The number of carboxylic acid groups (broad SMARTS) is 1. The minimum absolute atomic E-state index is 0.00936. The molecule has 0 amide bonds. The lowest BCUT2D eigenvalue weighted by molar-refractivity contribution is -0.143. The minimum atomic E-state index is -1.03. The van der Waals surface area contributed by atoms with E-state index in [1.165, 1.54) is 12.1 Å². The van der Waals surface area contributed by atoms with Crippen LogP contribution in [0.2, 0.25) is 0 Å². The molecular weight excluding hydrogens is 400 g/mol. The van der Waals surface area contributed by atoms with Gasteiger partial charge in [-0.25, -0.2) is 4.79 Å². The van der Waals surface area contributed by atoms with Gasteiger partial charge in [-0.05, 0) is 37.6 Å². The number of carbonyl (C=O) groups excluding carboxylic acids is 1. The number of nitrogens with one attached hydrogen (secondary N) is 1. The molecule has 1 unspecified atom stereocenters. The number of para-hydroxylation sites is 1. The van der Waals surface area contributed by atoms with Gasteiger partial charge in [0.05, 0.1) is 23.5 Å². The molecule has 8 heteroatoms. The largest absolute Gasteiger partial charge is 0.478 e. The molecule has 1 saturated heterocycles. The first-order valence-electron chi connectivity index (χ1n) is 9.91. The second-order valence-electron chi connectivity index (χ2n) is 7.54. The molecule has 1 fully saturated rings. The standard InChI is InChI=1S/C23H22N2O6/c1-13-9-16(14(2)24-18-6-4-3-5-15(18)23(28)29)22-17(10-13)19(26)11-20(31-22)25-7-8-30-21(27)12-25/h3-6,9-11,14,24H,7-8,12H2,1-2H3,(H,28,29). The number of rotatable bonds is 5. The number of benzene rings is 2. The van der Waals surface area contributed by atoms with E-state index in [4.69, 9.17) is 9.15 Å². The molecule has 0 bridgehead atoms. The van der Waals surface area contributed by atoms with E-state index >= 15 is 0 Å². The van der Waals surface area contributed by atoms with Crippen LogP contribution in [0.15, 0.2) is 51.7 Å². The molecule has 0 saturated carbocycles. The van der Waals surface area contributed by atoms with Crippen molar-refractivity contribution in [3.05, 3.63) is 69.4 Å². The summed E-state index contributed by atoms with van der Waals surface area (Å²) in [5.74, 6) is -1.11. The molecule has 1 aliphatic rings. The molecule has 0 aliphatic carbocycles. The van der Waals surface area contributed by atoms with Crippen LogP contribution in [0.1, 0.15) is 34.5 Å². The zero-order valence-corrected chi connectivity index (χ0v) is 17.2. The number of aryl methyl sites for hydroxylation is 1. The fourth-order valence-corrected chi connectivity index (χ4v) is 3.74. The van der Waals surface area contributed by atoms with Crippen LogP contribution in [0, 0.1) is 6.92 Å². The van der Waals surface area contributed by atoms with Crippen molar-refractivity contribution < 1.29 is 23.8 Å². The van der Waals surface area contributed by atoms with Gasteiger partial charge in [0, 0.05) is 17.3 Å². The highest BCUT2D eigenvalue weighted by Crippen LogP contribution is 2.31. The first kappa shape index (κ1) is 20.5. The van der Waals surface area contributed by atoms with Crippen LogP contribution in [0.4, 0.5) is 11.6 Å². The number of carbonyl (C=O) groups is 2. The lowest BCUT2D eigenvalue weighted by Crippen LogP contribution is -2.40. The topological polar surface area (TPSA) is 109 Å². The molecule has 31 heavy (non-hydrogen) atoms. The molecule has 1 aromatic heterocycles. The predicted octanol–water partition coefficient (Wildman–Crippen LogP) is 3.34. The molecule has 2 aromatic carbocycles. The van der Waals surface area contributed by atoms with Crippen molar-refractivity contribution in [2.75, 3.05) is 29.9 Å². The Labute approximate surface area is 178 Å². The number of morpholine rings is 1. The van der Waals surface area contributed by atoms with Gasteiger partial charge in [-0.3, -0.25) is 9.59 Å². The van der Waals surface area contributed by atoms with E-state index in [0.29, 0.717) is 34.6 Å². The fourth-order valence-electron chi connectivity index (χ4n) is 3.74. The number of fused-ring (bicyclic) bond motifs is 1. The van der Waals surface area contributed by atoms with Crippen molar-refractivity contribution in [1.29, 1.82) is 0 Å². The van der Waals surface area contributed by atoms with Gasteiger partial charge < -0.3 is 24.5 Å². The van der Waals surface area contributed by atoms with Crippen LogP contribution >= 0.6 is 0 Å². The molecule has 2 heterocycles. The molecule has 1 aliphatic heterocycles. The van der Waals surface area contributed by atoms with Crippen LogP contribution in [0.25, 0.3) is 11.0 Å². The third-order valence-electron chi connectivity index (χ3n) is 5.24. The maximum Gasteiger partial charge on any atom is 0.337 e. The van der Waals surface area contributed by atoms with E-state index < -0.39 is 5.97 Å². The summed E-state index contributed by atoms with van der Waals surface area (Å²) in [6.45, 7) is 4.43. The highest BCUT2D eigenvalue weighted by atomic mass is 16.5. The summed E-state index contributed by atoms with van der Waals surface area (Å²) in [4.78, 5) is 37.7. The Balaban J connectivity index is 1.79. The highest BCUT2D eigenvalue weighted by Gasteiger charge is 2.23. The molecule has 2 N–H and O–H groups in total. The molecule has 4 rings (SSSR count). The average molecular weight is 422 g/mol. The molecule has 0 spiro atoms. The summed E-state index contributed by atoms with van der Waals surface area (Å²) in [6.07, 6.45) is 0. The van der Waals surface area contributed by atoms with Crippen molar-refractivity contribution in [3.63, 3.8) is 0 Å². The van der Waals surface area contributed by atoms with Crippen LogP contribution in [-0.4, -0.2) is 36.7 Å². The van der Waals surface area contributed by atoms with Crippen molar-refractivity contribution in [2.45, 2.75) is 19.9 Å². The summed E-state index contributed by atoms with van der Waals surface area (Å²) >= 11 is 0. The van der Waals surface area contributed by atoms with E-state index in [9.17, 15) is 19.5 Å². The third kappa shape index (κ3) is 4.09. The van der Waals surface area contributed by atoms with E-state index in [0.717, 1.165) is 5.56 Å². The SMILES string of the molecule is Cc1cc(C(C)Nc2ccccc2C(=O)O)c2oc(N3CCOC(=O)C3)cc(=O)c2c1. The molecule has 1 atom stereocenters. The fraction of sp³-hybridized carbons (Fsp3) is 0.261. The summed E-state index contributed by atoms with van der Waals surface area (Å²) in [5.41, 5.74) is 2.41. The number of cyclic esters (lactones) is 1. The summed E-state index contributed by atoms with van der Waals surface area (Å²) in [6, 6.07) is 11.3. The Kier molecular flexibility index (Phi) is 5.37. The first-order valence-corrected chi connectivity index (χ1v) is 9.91. The Morgan fingerprint density at radius 1 is 1.19 bits per heavy atom. The van der Waals surface area contributed by atoms with Crippen molar-refractivity contribution >= 4 is 34.5 Å². The second kappa shape index (κ2) is 8.14. The van der Waals surface area contributed by atoms with E-state index in [1.54, 1.807) is 29.2 Å². The second-order valence-corrected chi connectivity index (χ2v) is 7.54. The maximum atomic E-state index is 12.9. The van der Waals surface area contributed by atoms with Gasteiger partial charge >= 0.3 is 11.9 Å². The van der Waals surface area contributed by atoms with Crippen LogP contribution < -0.4 is 15.6 Å².